The molecule has 2 saturated carbocycles. The largest absolute Gasteiger partial charge is 0.299 e. The van der Waals surface area contributed by atoms with E-state index < -0.39 is 0 Å². The second-order valence-corrected chi connectivity index (χ2v) is 8.19. The smallest absolute Gasteiger partial charge is 0.142 e. The highest BCUT2D eigenvalue weighted by Gasteiger charge is 2.62. The maximum absolute atomic E-state index is 13.0. The van der Waals surface area contributed by atoms with Crippen LogP contribution in [0.2, 0.25) is 0 Å². The quantitative estimate of drug-likeness (QED) is 0.683. The fourth-order valence-corrected chi connectivity index (χ4v) is 6.23. The van der Waals surface area contributed by atoms with Gasteiger partial charge >= 0.3 is 0 Å². The number of aryl methyl sites for hydroxylation is 1. The molecule has 0 radical (unpaired) electrons. The maximum Gasteiger partial charge on any atom is 0.142 e. The van der Waals surface area contributed by atoms with Gasteiger partial charge in [-0.25, -0.2) is 0 Å². The summed E-state index contributed by atoms with van der Waals surface area (Å²) in [6.07, 6.45) is 5.96. The summed E-state index contributed by atoms with van der Waals surface area (Å²) in [5.74, 6) is 2.00. The lowest BCUT2D eigenvalue weighted by Crippen LogP contribution is -2.54. The Bertz CT molecular complexity index is 604. The maximum atomic E-state index is 13.0. The molecule has 1 heteroatoms. The van der Waals surface area contributed by atoms with Gasteiger partial charge in [-0.3, -0.25) is 4.79 Å². The SMILES string of the molecule is C[C@H]1C[C@H]2CC[C@@]3(C)c4ccccc4CC[C@@H]3[C@@]2(C)C1=O. The van der Waals surface area contributed by atoms with E-state index in [1.165, 1.54) is 30.4 Å². The third kappa shape index (κ3) is 1.55. The molecular formula is C20H26O. The van der Waals surface area contributed by atoms with Gasteiger partial charge in [0.2, 0.25) is 0 Å². The molecule has 0 unspecified atom stereocenters. The zero-order valence-corrected chi connectivity index (χ0v) is 13.5. The molecule has 0 heterocycles. The first kappa shape index (κ1) is 13.5. The van der Waals surface area contributed by atoms with Crippen molar-refractivity contribution >= 4 is 5.78 Å². The van der Waals surface area contributed by atoms with Gasteiger partial charge in [-0.15, -0.1) is 0 Å². The highest BCUT2D eigenvalue weighted by Crippen LogP contribution is 2.63. The van der Waals surface area contributed by atoms with Gasteiger partial charge in [0.05, 0.1) is 0 Å². The van der Waals surface area contributed by atoms with E-state index in [2.05, 4.69) is 45.0 Å². The molecule has 3 aliphatic carbocycles. The van der Waals surface area contributed by atoms with Gasteiger partial charge < -0.3 is 0 Å². The number of ketones is 1. The van der Waals surface area contributed by atoms with Crippen LogP contribution >= 0.6 is 0 Å². The monoisotopic (exact) mass is 282 g/mol. The van der Waals surface area contributed by atoms with E-state index in [1.54, 1.807) is 0 Å². The van der Waals surface area contributed by atoms with Crippen molar-refractivity contribution in [2.24, 2.45) is 23.2 Å². The number of rotatable bonds is 0. The molecule has 0 spiro atoms. The summed E-state index contributed by atoms with van der Waals surface area (Å²) in [7, 11) is 0. The fourth-order valence-electron chi connectivity index (χ4n) is 6.23. The normalized spacial score (nSPS) is 44.9. The number of carbonyl (C=O) groups is 1. The predicted molar refractivity (Wildman–Crippen MR) is 85.2 cm³/mol. The van der Waals surface area contributed by atoms with Crippen molar-refractivity contribution in [2.75, 3.05) is 0 Å². The van der Waals surface area contributed by atoms with Crippen LogP contribution in [0.15, 0.2) is 24.3 Å². The third-order valence-corrected chi connectivity index (χ3v) is 7.30. The summed E-state index contributed by atoms with van der Waals surface area (Å²) in [6.45, 7) is 6.90. The molecule has 1 nitrogen and oxygen atoms in total. The molecule has 1 aromatic carbocycles. The molecule has 0 amide bonds. The summed E-state index contributed by atoms with van der Waals surface area (Å²) in [4.78, 5) is 13.0. The summed E-state index contributed by atoms with van der Waals surface area (Å²) in [6, 6.07) is 8.97. The summed E-state index contributed by atoms with van der Waals surface area (Å²) in [5, 5.41) is 0. The molecule has 0 aromatic heterocycles. The predicted octanol–water partition coefficient (Wildman–Crippen LogP) is 4.53. The van der Waals surface area contributed by atoms with Crippen molar-refractivity contribution in [3.8, 4) is 0 Å². The second-order valence-electron chi connectivity index (χ2n) is 8.19. The number of hydrogen-bond donors (Lipinski definition) is 0. The van der Waals surface area contributed by atoms with E-state index >= 15 is 0 Å². The van der Waals surface area contributed by atoms with Crippen LogP contribution in [0.4, 0.5) is 0 Å². The zero-order chi connectivity index (χ0) is 14.8. The van der Waals surface area contributed by atoms with Crippen LogP contribution in [-0.4, -0.2) is 5.78 Å². The van der Waals surface area contributed by atoms with E-state index in [0.29, 0.717) is 17.6 Å². The number of benzene rings is 1. The number of Topliss-reactive ketones (excluding diaryl/α,β-unsaturated/α-hetero) is 1. The van der Waals surface area contributed by atoms with Crippen molar-refractivity contribution in [3.63, 3.8) is 0 Å². The van der Waals surface area contributed by atoms with E-state index in [0.717, 1.165) is 12.8 Å². The molecular weight excluding hydrogens is 256 g/mol. The minimum atomic E-state index is -0.0695. The standard InChI is InChI=1S/C20H26O/c1-13-12-15-10-11-19(2)16-7-5-4-6-14(16)8-9-17(19)20(15,3)18(13)21/h4-7,13,15,17H,8-12H2,1-3H3/t13-,15+,17-,19-,20-/m0/s1. The van der Waals surface area contributed by atoms with Crippen molar-refractivity contribution in [1.29, 1.82) is 0 Å². The summed E-state index contributed by atoms with van der Waals surface area (Å²) < 4.78 is 0. The molecule has 2 fully saturated rings. The second kappa shape index (κ2) is 4.21. The van der Waals surface area contributed by atoms with Crippen LogP contribution in [0, 0.1) is 23.2 Å². The molecule has 112 valence electrons. The lowest BCUT2D eigenvalue weighted by Gasteiger charge is -2.56. The Hall–Kier alpha value is -1.11. The average Bonchev–Trinajstić information content (AvgIpc) is 2.71. The van der Waals surface area contributed by atoms with Crippen LogP contribution in [-0.2, 0) is 16.6 Å². The zero-order valence-electron chi connectivity index (χ0n) is 13.5. The first-order chi connectivity index (χ1) is 9.98. The first-order valence-corrected chi connectivity index (χ1v) is 8.60. The minimum absolute atomic E-state index is 0.0695. The van der Waals surface area contributed by atoms with Gasteiger partial charge in [-0.05, 0) is 60.5 Å². The third-order valence-electron chi connectivity index (χ3n) is 7.30. The molecule has 0 bridgehead atoms. The van der Waals surface area contributed by atoms with Gasteiger partial charge in [0.15, 0.2) is 0 Å². The van der Waals surface area contributed by atoms with E-state index in [1.807, 2.05) is 0 Å². The molecule has 5 atom stereocenters. The molecule has 0 aliphatic heterocycles. The Morgan fingerprint density at radius 2 is 1.90 bits per heavy atom. The molecule has 0 N–H and O–H groups in total. The summed E-state index contributed by atoms with van der Waals surface area (Å²) in [5.41, 5.74) is 3.20. The van der Waals surface area contributed by atoms with Crippen molar-refractivity contribution in [2.45, 2.75) is 58.3 Å². The van der Waals surface area contributed by atoms with Crippen LogP contribution in [0.25, 0.3) is 0 Å². The van der Waals surface area contributed by atoms with Crippen LogP contribution in [0.5, 0.6) is 0 Å². The van der Waals surface area contributed by atoms with Gasteiger partial charge in [-0.1, -0.05) is 45.0 Å². The minimum Gasteiger partial charge on any atom is -0.299 e. The van der Waals surface area contributed by atoms with Crippen LogP contribution in [0.3, 0.4) is 0 Å². The highest BCUT2D eigenvalue weighted by molar-refractivity contribution is 5.89. The first-order valence-electron chi connectivity index (χ1n) is 8.60. The molecule has 4 rings (SSSR count). The van der Waals surface area contributed by atoms with Crippen molar-refractivity contribution in [3.05, 3.63) is 35.4 Å². The molecule has 3 aliphatic rings. The van der Waals surface area contributed by atoms with E-state index in [9.17, 15) is 4.79 Å². The number of fused-ring (bicyclic) bond motifs is 5. The van der Waals surface area contributed by atoms with E-state index in [-0.39, 0.29) is 16.7 Å². The van der Waals surface area contributed by atoms with Crippen molar-refractivity contribution < 1.29 is 4.79 Å². The Kier molecular flexibility index (Phi) is 2.72. The van der Waals surface area contributed by atoms with Gasteiger partial charge in [0, 0.05) is 11.3 Å². The molecule has 1 aromatic rings. The Morgan fingerprint density at radius 1 is 1.14 bits per heavy atom. The van der Waals surface area contributed by atoms with Crippen molar-refractivity contribution in [1.82, 2.24) is 0 Å². The highest BCUT2D eigenvalue weighted by atomic mass is 16.1. The van der Waals surface area contributed by atoms with Gasteiger partial charge in [-0.2, -0.15) is 0 Å². The fraction of sp³-hybridized carbons (Fsp3) is 0.650. The molecule has 0 saturated heterocycles. The Labute approximate surface area is 128 Å². The Morgan fingerprint density at radius 3 is 2.71 bits per heavy atom. The number of carbonyl (C=O) groups excluding carboxylic acids is 1. The average molecular weight is 282 g/mol. The topological polar surface area (TPSA) is 17.1 Å². The summed E-state index contributed by atoms with van der Waals surface area (Å²) >= 11 is 0. The van der Waals surface area contributed by atoms with E-state index in [4.69, 9.17) is 0 Å². The lowest BCUT2D eigenvalue weighted by atomic mass is 9.47. The lowest BCUT2D eigenvalue weighted by molar-refractivity contribution is -0.137. The van der Waals surface area contributed by atoms with Crippen LogP contribution in [0.1, 0.15) is 57.6 Å². The Balaban J connectivity index is 1.85. The van der Waals surface area contributed by atoms with Gasteiger partial charge in [0.1, 0.15) is 5.78 Å². The molecule has 21 heavy (non-hydrogen) atoms. The van der Waals surface area contributed by atoms with Gasteiger partial charge in [0.25, 0.3) is 0 Å². The number of hydrogen-bond acceptors (Lipinski definition) is 1. The van der Waals surface area contributed by atoms with Crippen LogP contribution < -0.4 is 0 Å².